The van der Waals surface area contributed by atoms with Gasteiger partial charge in [-0.3, -0.25) is 9.59 Å². The minimum atomic E-state index is -3.83. The number of carbonyl (C=O) groups excluding carboxylic acids is 2. The highest BCUT2D eigenvalue weighted by molar-refractivity contribution is 7.95. The van der Waals surface area contributed by atoms with Gasteiger partial charge in [-0.2, -0.15) is 0 Å². The van der Waals surface area contributed by atoms with Gasteiger partial charge < -0.3 is 21.0 Å². The minimum Gasteiger partial charge on any atom is -0.476 e. The quantitative estimate of drug-likeness (QED) is 0.316. The van der Waals surface area contributed by atoms with Gasteiger partial charge in [0.15, 0.2) is 26.4 Å². The topological polar surface area (TPSA) is 185 Å². The highest BCUT2D eigenvalue weighted by Gasteiger charge is 2.50. The van der Waals surface area contributed by atoms with Gasteiger partial charge in [0.25, 0.3) is 11.8 Å². The molecule has 3 rings (SSSR count). The number of nitrogens with one attached hydrogen (secondary N) is 1. The van der Waals surface area contributed by atoms with Crippen LogP contribution in [0.5, 0.6) is 0 Å². The van der Waals surface area contributed by atoms with E-state index < -0.39 is 39.4 Å². The average molecular weight is 458 g/mol. The molecule has 3 heterocycles. The van der Waals surface area contributed by atoms with Crippen molar-refractivity contribution in [3.05, 3.63) is 21.7 Å². The van der Waals surface area contributed by atoms with Crippen LogP contribution in [-0.4, -0.2) is 84.0 Å². The van der Waals surface area contributed by atoms with Gasteiger partial charge in [0, 0.05) is 11.9 Å². The molecule has 0 unspecified atom stereocenters. The third kappa shape index (κ3) is 3.73. The molecule has 1 fully saturated rings. The molecule has 1 aromatic rings. The number of oxime groups is 1. The number of nitrogen functional groups attached to an aromatic ring is 1. The zero-order valence-electron chi connectivity index (χ0n) is 15.9. The molecule has 0 saturated carbocycles. The second-order valence-corrected chi connectivity index (χ2v) is 9.39. The smallest absolute Gasteiger partial charge is 0.355 e. The Labute approximate surface area is 174 Å². The number of hydrogen-bond acceptors (Lipinski definition) is 11. The predicted octanol–water partition coefficient (Wildman–Crippen LogP) is -1.64. The minimum absolute atomic E-state index is 0.121. The Morgan fingerprint density at radius 3 is 2.73 bits per heavy atom. The number of nitrogens with zero attached hydrogens (tertiary/aromatic N) is 4. The number of fused-ring (bicyclic) bond motifs is 1. The first-order valence-corrected chi connectivity index (χ1v) is 11.0. The van der Waals surface area contributed by atoms with Crippen LogP contribution in [0.25, 0.3) is 0 Å². The summed E-state index contributed by atoms with van der Waals surface area (Å²) in [4.78, 5) is 45.4. The Bertz CT molecular complexity index is 1080. The molecular formula is C15H18N6O7S2. The van der Waals surface area contributed by atoms with Crippen molar-refractivity contribution in [3.63, 3.8) is 0 Å². The first-order valence-electron chi connectivity index (χ1n) is 8.52. The first kappa shape index (κ1) is 21.7. The van der Waals surface area contributed by atoms with Gasteiger partial charge in [-0.15, -0.1) is 11.3 Å². The summed E-state index contributed by atoms with van der Waals surface area (Å²) < 4.78 is 24.5. The van der Waals surface area contributed by atoms with Crippen LogP contribution in [0.3, 0.4) is 0 Å². The lowest BCUT2D eigenvalue weighted by molar-refractivity contribution is -0.143. The maximum absolute atomic E-state index is 12.8. The van der Waals surface area contributed by atoms with E-state index in [0.717, 1.165) is 16.3 Å². The van der Waals surface area contributed by atoms with Gasteiger partial charge in [0.2, 0.25) is 0 Å². The summed E-state index contributed by atoms with van der Waals surface area (Å²) in [5, 5.41) is 19.3. The van der Waals surface area contributed by atoms with E-state index in [1.54, 1.807) is 0 Å². The Morgan fingerprint density at radius 2 is 2.20 bits per heavy atom. The lowest BCUT2D eigenvalue weighted by atomic mass is 10.2. The number of rotatable bonds is 7. The number of nitrogens with two attached hydrogens (primary N) is 1. The highest BCUT2D eigenvalue weighted by atomic mass is 32.2. The van der Waals surface area contributed by atoms with Crippen LogP contribution in [0.4, 0.5) is 5.13 Å². The molecule has 1 aromatic heterocycles. The zero-order chi connectivity index (χ0) is 22.2. The van der Waals surface area contributed by atoms with E-state index >= 15 is 0 Å². The number of aromatic nitrogens is 1. The first-order chi connectivity index (χ1) is 14.1. The summed E-state index contributed by atoms with van der Waals surface area (Å²) in [6, 6.07) is -1.13. The molecule has 0 bridgehead atoms. The molecule has 0 spiro atoms. The number of anilines is 1. The molecule has 1 saturated heterocycles. The molecule has 30 heavy (non-hydrogen) atoms. The second-order valence-electron chi connectivity index (χ2n) is 6.20. The summed E-state index contributed by atoms with van der Waals surface area (Å²) in [7, 11) is -2.60. The molecule has 15 heteroatoms. The third-order valence-corrected chi connectivity index (χ3v) is 6.92. The normalized spacial score (nSPS) is 19.9. The van der Waals surface area contributed by atoms with Crippen molar-refractivity contribution in [2.45, 2.75) is 13.0 Å². The van der Waals surface area contributed by atoms with Crippen LogP contribution >= 0.6 is 11.3 Å². The summed E-state index contributed by atoms with van der Waals surface area (Å²) in [5.74, 6) is -3.42. The molecule has 13 nitrogen and oxygen atoms in total. The van der Waals surface area contributed by atoms with Crippen molar-refractivity contribution < 1.29 is 32.7 Å². The largest absolute Gasteiger partial charge is 0.476 e. The zero-order valence-corrected chi connectivity index (χ0v) is 17.5. The van der Waals surface area contributed by atoms with E-state index in [9.17, 15) is 27.9 Å². The van der Waals surface area contributed by atoms with E-state index in [1.165, 1.54) is 24.4 Å². The van der Waals surface area contributed by atoms with Crippen molar-refractivity contribution >= 4 is 49.8 Å². The van der Waals surface area contributed by atoms with Gasteiger partial charge in [-0.1, -0.05) is 12.1 Å². The van der Waals surface area contributed by atoms with Gasteiger partial charge in [0.1, 0.15) is 18.8 Å². The number of carbonyl (C=O) groups is 3. The number of aliphatic carboxylic acids is 1. The van der Waals surface area contributed by atoms with Crippen molar-refractivity contribution in [3.8, 4) is 0 Å². The summed E-state index contributed by atoms with van der Waals surface area (Å²) in [6.45, 7) is 0.981. The monoisotopic (exact) mass is 458 g/mol. The predicted molar refractivity (Wildman–Crippen MR) is 105 cm³/mol. The molecule has 2 aliphatic heterocycles. The maximum atomic E-state index is 12.8. The van der Waals surface area contributed by atoms with Crippen LogP contribution in [0, 0.1) is 0 Å². The molecule has 2 aliphatic rings. The van der Waals surface area contributed by atoms with E-state index in [4.69, 9.17) is 5.73 Å². The molecule has 0 radical (unpaired) electrons. The van der Waals surface area contributed by atoms with Crippen molar-refractivity contribution in [1.82, 2.24) is 20.3 Å². The Balaban J connectivity index is 1.85. The molecule has 1 atom stereocenters. The fourth-order valence-electron chi connectivity index (χ4n) is 3.06. The maximum Gasteiger partial charge on any atom is 0.355 e. The van der Waals surface area contributed by atoms with Crippen molar-refractivity contribution in [2.24, 2.45) is 5.16 Å². The average Bonchev–Trinajstić information content (AvgIpc) is 3.35. The molecule has 2 amide bonds. The number of amides is 2. The molecular weight excluding hydrogens is 440 g/mol. The van der Waals surface area contributed by atoms with E-state index in [0.29, 0.717) is 0 Å². The lowest BCUT2D eigenvalue weighted by Gasteiger charge is -2.18. The van der Waals surface area contributed by atoms with Gasteiger partial charge in [-0.05, 0) is 0 Å². The summed E-state index contributed by atoms with van der Waals surface area (Å²) in [5.41, 5.74) is 4.86. The number of sulfone groups is 1. The molecule has 0 aromatic carbocycles. The number of carboxylic acids is 1. The van der Waals surface area contributed by atoms with Crippen LogP contribution in [0.1, 0.15) is 12.6 Å². The fourth-order valence-corrected chi connectivity index (χ4v) is 4.77. The fraction of sp³-hybridized carbons (Fsp3) is 0.400. The number of thiazole rings is 1. The van der Waals surface area contributed by atoms with Crippen molar-refractivity contribution in [1.29, 1.82) is 0 Å². The van der Waals surface area contributed by atoms with Gasteiger partial charge in [0.05, 0.1) is 17.2 Å². The molecule has 162 valence electrons. The van der Waals surface area contributed by atoms with E-state index in [-0.39, 0.29) is 40.3 Å². The van der Waals surface area contributed by atoms with Gasteiger partial charge >= 0.3 is 5.97 Å². The molecule has 0 aliphatic carbocycles. The van der Waals surface area contributed by atoms with Gasteiger partial charge in [-0.25, -0.2) is 28.2 Å². The highest BCUT2D eigenvalue weighted by Crippen LogP contribution is 2.32. The van der Waals surface area contributed by atoms with Crippen LogP contribution in [0.2, 0.25) is 0 Å². The second kappa shape index (κ2) is 8.00. The van der Waals surface area contributed by atoms with Crippen LogP contribution < -0.4 is 11.1 Å². The van der Waals surface area contributed by atoms with Crippen LogP contribution in [-0.2, 0) is 29.1 Å². The third-order valence-electron chi connectivity index (χ3n) is 4.41. The van der Waals surface area contributed by atoms with Crippen LogP contribution in [0.15, 0.2) is 21.1 Å². The summed E-state index contributed by atoms with van der Waals surface area (Å²) >= 11 is 1.08. The SMILES string of the molecule is CCS(=O)(=O)C1=C(C(=O)O)N2C(=O)[C@@H](NC(=O)/C(=N/OC)c3csc(N)n3)CN2C1. The lowest BCUT2D eigenvalue weighted by Crippen LogP contribution is -2.46. The van der Waals surface area contributed by atoms with E-state index in [2.05, 4.69) is 20.3 Å². The Hall–Kier alpha value is -3.04. The Morgan fingerprint density at radius 1 is 1.50 bits per heavy atom. The standard InChI is InChI=1S/C15H18N6O7S2/c1-3-30(26,27)9-5-20-4-7(13(23)21(20)11(9)14(24)25)17-12(22)10(19-28-2)8-6-29-15(16)18-8/h6-7H,3-5H2,1-2H3,(H2,16,18)(H,17,22)(H,24,25)/b19-10+/t7-/m0/s1. The number of hydrazine groups is 1. The van der Waals surface area contributed by atoms with E-state index in [1.807, 2.05) is 0 Å². The molecule has 4 N–H and O–H groups in total. The number of carboxylic acid groups (broad SMARTS) is 1. The Kier molecular flexibility index (Phi) is 5.78. The van der Waals surface area contributed by atoms with Crippen molar-refractivity contribution in [2.75, 3.05) is 31.7 Å². The summed E-state index contributed by atoms with van der Waals surface area (Å²) in [6.07, 6.45) is 0. The number of hydrogen-bond donors (Lipinski definition) is 3.